The first-order valence-electron chi connectivity index (χ1n) is 13.4. The zero-order valence-electron chi connectivity index (χ0n) is 22.7. The molecule has 0 spiro atoms. The summed E-state index contributed by atoms with van der Waals surface area (Å²) in [5, 5.41) is 2.87. The average Bonchev–Trinajstić information content (AvgIpc) is 3.56. The Kier molecular flexibility index (Phi) is 8.35. The zero-order chi connectivity index (χ0) is 28.8. The maximum Gasteiger partial charge on any atom is 0.264 e. The summed E-state index contributed by atoms with van der Waals surface area (Å²) >= 11 is 0. The normalized spacial score (nSPS) is 13.0. The van der Waals surface area contributed by atoms with Crippen LogP contribution in [0.2, 0.25) is 0 Å². The summed E-state index contributed by atoms with van der Waals surface area (Å²) in [5.74, 6) is -0.134. The van der Waals surface area contributed by atoms with Gasteiger partial charge in [-0.2, -0.15) is 0 Å². The highest BCUT2D eigenvalue weighted by Crippen LogP contribution is 2.31. The Hall–Kier alpha value is -4.63. The molecule has 4 aromatic rings. The van der Waals surface area contributed by atoms with Gasteiger partial charge in [0.1, 0.15) is 5.75 Å². The monoisotopic (exact) mass is 569 g/mol. The first kappa shape index (κ1) is 27.9. The highest BCUT2D eigenvalue weighted by atomic mass is 32.2. The van der Waals surface area contributed by atoms with Crippen molar-refractivity contribution >= 4 is 33.2 Å². The van der Waals surface area contributed by atoms with Gasteiger partial charge in [-0.3, -0.25) is 13.9 Å². The molecule has 1 heterocycles. The first-order chi connectivity index (χ1) is 19.9. The minimum Gasteiger partial charge on any atom is -0.497 e. The van der Waals surface area contributed by atoms with Crippen molar-refractivity contribution in [3.8, 4) is 5.75 Å². The van der Waals surface area contributed by atoms with Crippen LogP contribution < -0.4 is 14.4 Å². The highest BCUT2D eigenvalue weighted by molar-refractivity contribution is 7.92. The Morgan fingerprint density at radius 3 is 2.10 bits per heavy atom. The van der Waals surface area contributed by atoms with E-state index in [0.29, 0.717) is 30.1 Å². The van der Waals surface area contributed by atoms with E-state index in [0.717, 1.165) is 18.4 Å². The van der Waals surface area contributed by atoms with Crippen LogP contribution in [-0.4, -0.2) is 45.3 Å². The molecule has 0 unspecified atom stereocenters. The summed E-state index contributed by atoms with van der Waals surface area (Å²) in [4.78, 5) is 28.8. The van der Waals surface area contributed by atoms with E-state index < -0.39 is 15.9 Å². The summed E-state index contributed by atoms with van der Waals surface area (Å²) < 4.78 is 34.6. The van der Waals surface area contributed by atoms with Crippen molar-refractivity contribution in [2.24, 2.45) is 0 Å². The number of carbonyl (C=O) groups excluding carboxylic acids is 2. The number of hydrogen-bond donors (Lipinski definition) is 1. The van der Waals surface area contributed by atoms with Gasteiger partial charge in [0.15, 0.2) is 0 Å². The standard InChI is InChI=1S/C32H31N3O5S/c1-40-25-17-19-26(20-18-25)41(38,39)35(23-24-11-3-2-4-12-24)30-16-8-6-14-28(30)31(36)33-29-15-7-5-13-27(29)32(37)34-21-9-10-22-34/h2-8,11-20H,9-10,21-23H2,1H3,(H,33,36). The van der Waals surface area contributed by atoms with E-state index in [-0.39, 0.29) is 28.6 Å². The number of ether oxygens (including phenoxy) is 1. The van der Waals surface area contributed by atoms with Gasteiger partial charge in [-0.05, 0) is 66.9 Å². The van der Waals surface area contributed by atoms with E-state index in [1.54, 1.807) is 65.6 Å². The second-order valence-electron chi connectivity index (χ2n) is 9.69. The Morgan fingerprint density at radius 1 is 0.805 bits per heavy atom. The molecule has 2 amide bonds. The number of nitrogens with zero attached hydrogens (tertiary/aromatic N) is 2. The lowest BCUT2D eigenvalue weighted by molar-refractivity contribution is 0.0794. The maximum atomic E-state index is 14.1. The van der Waals surface area contributed by atoms with Gasteiger partial charge in [0.25, 0.3) is 21.8 Å². The lowest BCUT2D eigenvalue weighted by Crippen LogP contribution is -2.32. The Balaban J connectivity index is 1.53. The summed E-state index contributed by atoms with van der Waals surface area (Å²) in [7, 11) is -2.59. The molecule has 1 saturated heterocycles. The van der Waals surface area contributed by atoms with Crippen molar-refractivity contribution in [3.05, 3.63) is 120 Å². The number of amides is 2. The Bertz CT molecular complexity index is 1630. The van der Waals surface area contributed by atoms with Crippen molar-refractivity contribution in [2.45, 2.75) is 24.3 Å². The van der Waals surface area contributed by atoms with Gasteiger partial charge in [-0.15, -0.1) is 0 Å². The number of benzene rings is 4. The topological polar surface area (TPSA) is 96.0 Å². The molecule has 0 saturated carbocycles. The molecule has 4 aromatic carbocycles. The summed E-state index contributed by atoms with van der Waals surface area (Å²) in [5.41, 5.74) is 1.89. The van der Waals surface area contributed by atoms with Gasteiger partial charge in [-0.1, -0.05) is 54.6 Å². The Labute approximate surface area is 240 Å². The molecule has 5 rings (SSSR count). The minimum atomic E-state index is -4.10. The van der Waals surface area contributed by atoms with Crippen LogP contribution in [0.4, 0.5) is 11.4 Å². The van der Waals surface area contributed by atoms with Crippen LogP contribution >= 0.6 is 0 Å². The number of anilines is 2. The van der Waals surface area contributed by atoms with Gasteiger partial charge >= 0.3 is 0 Å². The fraction of sp³-hybridized carbons (Fsp3) is 0.188. The number of carbonyl (C=O) groups is 2. The second-order valence-corrected chi connectivity index (χ2v) is 11.6. The van der Waals surface area contributed by atoms with E-state index in [4.69, 9.17) is 4.74 Å². The SMILES string of the molecule is COc1ccc(S(=O)(=O)N(Cc2ccccc2)c2ccccc2C(=O)Nc2ccccc2C(=O)N2CCCC2)cc1. The number of sulfonamides is 1. The molecule has 0 aliphatic carbocycles. The van der Waals surface area contributed by atoms with Gasteiger partial charge in [-0.25, -0.2) is 8.42 Å². The lowest BCUT2D eigenvalue weighted by atomic mass is 10.1. The summed E-state index contributed by atoms with van der Waals surface area (Å²) in [6.07, 6.45) is 1.90. The molecule has 1 fully saturated rings. The molecule has 0 bridgehead atoms. The number of para-hydroxylation sites is 2. The molecule has 0 atom stereocenters. The largest absolute Gasteiger partial charge is 0.497 e. The molecule has 0 radical (unpaired) electrons. The van der Waals surface area contributed by atoms with Crippen LogP contribution in [0.1, 0.15) is 39.1 Å². The summed E-state index contributed by atoms with van der Waals surface area (Å²) in [6, 6.07) is 28.8. The van der Waals surface area contributed by atoms with Crippen molar-refractivity contribution in [1.82, 2.24) is 4.90 Å². The van der Waals surface area contributed by atoms with Crippen LogP contribution in [0, 0.1) is 0 Å². The predicted molar refractivity (Wildman–Crippen MR) is 159 cm³/mol. The fourth-order valence-corrected chi connectivity index (χ4v) is 6.34. The number of likely N-dealkylation sites (tertiary alicyclic amines) is 1. The Morgan fingerprint density at radius 2 is 1.41 bits per heavy atom. The van der Waals surface area contributed by atoms with Crippen molar-refractivity contribution < 1.29 is 22.7 Å². The maximum absolute atomic E-state index is 14.1. The quantitative estimate of drug-likeness (QED) is 0.284. The number of hydrogen-bond acceptors (Lipinski definition) is 5. The molecule has 8 nitrogen and oxygen atoms in total. The molecule has 210 valence electrons. The molecule has 9 heteroatoms. The van der Waals surface area contributed by atoms with E-state index in [1.165, 1.54) is 23.5 Å². The fourth-order valence-electron chi connectivity index (χ4n) is 4.87. The van der Waals surface area contributed by atoms with Crippen molar-refractivity contribution in [3.63, 3.8) is 0 Å². The van der Waals surface area contributed by atoms with Gasteiger partial charge in [0.05, 0.1) is 41.1 Å². The van der Waals surface area contributed by atoms with E-state index >= 15 is 0 Å². The van der Waals surface area contributed by atoms with Gasteiger partial charge in [0.2, 0.25) is 0 Å². The molecular formula is C32H31N3O5S. The molecule has 1 aliphatic heterocycles. The van der Waals surface area contributed by atoms with Gasteiger partial charge < -0.3 is 15.0 Å². The van der Waals surface area contributed by atoms with Crippen molar-refractivity contribution in [2.75, 3.05) is 29.8 Å². The van der Waals surface area contributed by atoms with Crippen LogP contribution in [0.3, 0.4) is 0 Å². The van der Waals surface area contributed by atoms with Crippen LogP contribution in [0.25, 0.3) is 0 Å². The van der Waals surface area contributed by atoms with E-state index in [2.05, 4.69) is 5.32 Å². The lowest BCUT2D eigenvalue weighted by Gasteiger charge is -2.27. The van der Waals surface area contributed by atoms with Crippen molar-refractivity contribution in [1.29, 1.82) is 0 Å². The molecule has 1 N–H and O–H groups in total. The van der Waals surface area contributed by atoms with E-state index in [1.807, 2.05) is 30.3 Å². The minimum absolute atomic E-state index is 0.00350. The number of methoxy groups -OCH3 is 1. The third kappa shape index (κ3) is 6.10. The summed E-state index contributed by atoms with van der Waals surface area (Å²) in [6.45, 7) is 1.37. The smallest absolute Gasteiger partial charge is 0.264 e. The predicted octanol–water partition coefficient (Wildman–Crippen LogP) is 5.58. The van der Waals surface area contributed by atoms with Crippen LogP contribution in [0.5, 0.6) is 5.75 Å². The number of rotatable bonds is 9. The third-order valence-corrected chi connectivity index (χ3v) is 8.81. The zero-order valence-corrected chi connectivity index (χ0v) is 23.5. The molecule has 41 heavy (non-hydrogen) atoms. The van der Waals surface area contributed by atoms with Crippen LogP contribution in [-0.2, 0) is 16.6 Å². The van der Waals surface area contributed by atoms with E-state index in [9.17, 15) is 18.0 Å². The highest BCUT2D eigenvalue weighted by Gasteiger charge is 2.29. The average molecular weight is 570 g/mol. The molecule has 0 aromatic heterocycles. The number of nitrogens with one attached hydrogen (secondary N) is 1. The van der Waals surface area contributed by atoms with Gasteiger partial charge in [0, 0.05) is 13.1 Å². The second kappa shape index (κ2) is 12.3. The molecule has 1 aliphatic rings. The molecular weight excluding hydrogens is 538 g/mol. The van der Waals surface area contributed by atoms with Crippen LogP contribution in [0.15, 0.2) is 108 Å². The third-order valence-electron chi connectivity index (χ3n) is 7.03. The first-order valence-corrected chi connectivity index (χ1v) is 14.8.